The second kappa shape index (κ2) is 7.27. The van der Waals surface area contributed by atoms with Crippen molar-refractivity contribution < 1.29 is 4.74 Å². The topological polar surface area (TPSA) is 59.4 Å². The minimum atomic E-state index is -0.271. The number of rotatable bonds is 4. The highest BCUT2D eigenvalue weighted by molar-refractivity contribution is 6.03. The molecule has 3 rings (SSSR count). The van der Waals surface area contributed by atoms with Gasteiger partial charge in [-0.15, -0.1) is 0 Å². The van der Waals surface area contributed by atoms with Crippen LogP contribution in [0.2, 0.25) is 0 Å². The van der Waals surface area contributed by atoms with E-state index in [1.54, 1.807) is 11.8 Å². The predicted molar refractivity (Wildman–Crippen MR) is 110 cm³/mol. The third-order valence-electron chi connectivity index (χ3n) is 4.15. The number of nitrogens with one attached hydrogen (secondary N) is 1. The first-order valence-corrected chi connectivity index (χ1v) is 8.92. The van der Waals surface area contributed by atoms with E-state index in [4.69, 9.17) is 9.73 Å². The number of hydrogen-bond acceptors (Lipinski definition) is 3. The van der Waals surface area contributed by atoms with Gasteiger partial charge in [-0.05, 0) is 52.0 Å². The van der Waals surface area contributed by atoms with Gasteiger partial charge in [0.15, 0.2) is 0 Å². The summed E-state index contributed by atoms with van der Waals surface area (Å²) in [4.78, 5) is 18.0. The van der Waals surface area contributed by atoms with Crippen LogP contribution in [-0.2, 0) is 0 Å². The first-order chi connectivity index (χ1) is 12.8. The third kappa shape index (κ3) is 4.03. The lowest BCUT2D eigenvalue weighted by molar-refractivity contribution is 0.414. The molecule has 1 N–H and O–H groups in total. The van der Waals surface area contributed by atoms with Gasteiger partial charge in [-0.25, -0.2) is 4.68 Å². The lowest BCUT2D eigenvalue weighted by atomic mass is 10.0. The molecule has 0 saturated carbocycles. The molecular formula is C22H25N3O2. The maximum atomic E-state index is 13.3. The number of H-pyrrole nitrogens is 1. The Morgan fingerprint density at radius 3 is 2.22 bits per heavy atom. The summed E-state index contributed by atoms with van der Waals surface area (Å²) in [6.07, 6.45) is 0. The molecule has 140 valence electrons. The Labute approximate surface area is 159 Å². The van der Waals surface area contributed by atoms with E-state index < -0.39 is 0 Å². The number of aliphatic imine (C=N–C) groups is 1. The number of hydrogen-bond donors (Lipinski definition) is 1. The fourth-order valence-electron chi connectivity index (χ4n) is 3.06. The maximum absolute atomic E-state index is 13.3. The van der Waals surface area contributed by atoms with Crippen molar-refractivity contribution in [3.05, 3.63) is 70.5 Å². The molecule has 0 bridgehead atoms. The molecule has 0 unspecified atom stereocenters. The summed E-state index contributed by atoms with van der Waals surface area (Å²) in [6.45, 7) is 7.95. The molecule has 1 heterocycles. The zero-order chi connectivity index (χ0) is 19.6. The number of methoxy groups -OCH3 is 1. The Morgan fingerprint density at radius 1 is 1.04 bits per heavy atom. The second-order valence-electron chi connectivity index (χ2n) is 7.43. The van der Waals surface area contributed by atoms with Crippen LogP contribution >= 0.6 is 0 Å². The van der Waals surface area contributed by atoms with Gasteiger partial charge in [0.05, 0.1) is 29.6 Å². The van der Waals surface area contributed by atoms with Crippen LogP contribution in [0.5, 0.6) is 5.75 Å². The van der Waals surface area contributed by atoms with Gasteiger partial charge < -0.3 is 4.74 Å². The Kier molecular flexibility index (Phi) is 5.04. The van der Waals surface area contributed by atoms with Crippen LogP contribution in [0.25, 0.3) is 16.9 Å². The monoisotopic (exact) mass is 363 g/mol. The van der Waals surface area contributed by atoms with E-state index in [2.05, 4.69) is 5.10 Å². The Balaban J connectivity index is 2.23. The van der Waals surface area contributed by atoms with Crippen LogP contribution in [-0.4, -0.2) is 28.1 Å². The van der Waals surface area contributed by atoms with Crippen molar-refractivity contribution in [3.63, 3.8) is 0 Å². The fraction of sp³-hybridized carbons (Fsp3) is 0.273. The van der Waals surface area contributed by atoms with Crippen molar-refractivity contribution in [1.29, 1.82) is 0 Å². The van der Waals surface area contributed by atoms with Gasteiger partial charge in [-0.3, -0.25) is 14.9 Å². The molecule has 0 spiro atoms. The Morgan fingerprint density at radius 2 is 1.67 bits per heavy atom. The first-order valence-electron chi connectivity index (χ1n) is 8.92. The largest absolute Gasteiger partial charge is 0.497 e. The van der Waals surface area contributed by atoms with Crippen molar-refractivity contribution in [2.75, 3.05) is 7.11 Å². The van der Waals surface area contributed by atoms with Gasteiger partial charge in [0, 0.05) is 11.3 Å². The van der Waals surface area contributed by atoms with Crippen molar-refractivity contribution >= 4 is 5.71 Å². The van der Waals surface area contributed by atoms with Crippen LogP contribution in [0.1, 0.15) is 33.3 Å². The summed E-state index contributed by atoms with van der Waals surface area (Å²) in [6, 6.07) is 17.2. The summed E-state index contributed by atoms with van der Waals surface area (Å²) >= 11 is 0. The highest BCUT2D eigenvalue weighted by Crippen LogP contribution is 2.23. The van der Waals surface area contributed by atoms with Crippen LogP contribution in [0.3, 0.4) is 0 Å². The molecular weight excluding hydrogens is 338 g/mol. The van der Waals surface area contributed by atoms with Crippen molar-refractivity contribution in [2.45, 2.75) is 33.2 Å². The standard InChI is InChI=1S/C22H25N3O2/c1-15(23-22(2,3)4)19-20(16-9-7-6-8-10-16)24-25(21(19)26)17-11-13-18(27-5)14-12-17/h6-14,24H,1-5H3. The Bertz CT molecular complexity index is 1000. The van der Waals surface area contributed by atoms with Gasteiger partial charge in [0.25, 0.3) is 5.56 Å². The second-order valence-corrected chi connectivity index (χ2v) is 7.43. The fourth-order valence-corrected chi connectivity index (χ4v) is 3.06. The molecule has 1 aromatic heterocycles. The maximum Gasteiger partial charge on any atom is 0.280 e. The highest BCUT2D eigenvalue weighted by Gasteiger charge is 2.20. The average molecular weight is 363 g/mol. The van der Waals surface area contributed by atoms with E-state index >= 15 is 0 Å². The number of ether oxygens (including phenoxy) is 1. The van der Waals surface area contributed by atoms with Crippen molar-refractivity contribution in [3.8, 4) is 22.7 Å². The van der Waals surface area contributed by atoms with Gasteiger partial charge >= 0.3 is 0 Å². The molecule has 0 aliphatic carbocycles. The lowest BCUT2D eigenvalue weighted by Gasteiger charge is -2.13. The van der Waals surface area contributed by atoms with Crippen LogP contribution in [0, 0.1) is 0 Å². The minimum absolute atomic E-state index is 0.121. The molecule has 5 nitrogen and oxygen atoms in total. The van der Waals surface area contributed by atoms with Crippen molar-refractivity contribution in [2.24, 2.45) is 4.99 Å². The molecule has 5 heteroatoms. The summed E-state index contributed by atoms with van der Waals surface area (Å²) in [7, 11) is 1.62. The number of aromatic amines is 1. The summed E-state index contributed by atoms with van der Waals surface area (Å²) in [5.74, 6) is 0.743. The molecule has 0 aliphatic rings. The predicted octanol–water partition coefficient (Wildman–Crippen LogP) is 4.45. The third-order valence-corrected chi connectivity index (χ3v) is 4.15. The first kappa shape index (κ1) is 18.7. The van der Waals surface area contributed by atoms with E-state index in [1.807, 2.05) is 82.3 Å². The van der Waals surface area contributed by atoms with Crippen LogP contribution in [0.4, 0.5) is 0 Å². The summed E-state index contributed by atoms with van der Waals surface area (Å²) in [5.41, 5.74) is 3.37. The molecule has 2 aromatic carbocycles. The van der Waals surface area contributed by atoms with Gasteiger partial charge in [-0.1, -0.05) is 30.3 Å². The van der Waals surface area contributed by atoms with E-state index in [9.17, 15) is 4.79 Å². The molecule has 3 aromatic rings. The van der Waals surface area contributed by atoms with E-state index in [-0.39, 0.29) is 11.1 Å². The van der Waals surface area contributed by atoms with Crippen molar-refractivity contribution in [1.82, 2.24) is 9.78 Å². The smallest absolute Gasteiger partial charge is 0.280 e. The van der Waals surface area contributed by atoms with Gasteiger partial charge in [-0.2, -0.15) is 0 Å². The summed E-state index contributed by atoms with van der Waals surface area (Å²) < 4.78 is 6.76. The molecule has 0 fully saturated rings. The van der Waals surface area contributed by atoms with Crippen LogP contribution < -0.4 is 10.3 Å². The zero-order valence-electron chi connectivity index (χ0n) is 16.4. The van der Waals surface area contributed by atoms with E-state index in [1.165, 1.54) is 0 Å². The Hall–Kier alpha value is -3.08. The van der Waals surface area contributed by atoms with Gasteiger partial charge in [0.1, 0.15) is 5.75 Å². The summed E-state index contributed by atoms with van der Waals surface area (Å²) in [5, 5.41) is 3.27. The number of benzene rings is 2. The minimum Gasteiger partial charge on any atom is -0.497 e. The average Bonchev–Trinajstić information content (AvgIpc) is 2.98. The molecule has 0 radical (unpaired) electrons. The number of aromatic nitrogens is 2. The molecule has 0 saturated heterocycles. The van der Waals surface area contributed by atoms with E-state index in [0.29, 0.717) is 5.56 Å². The normalized spacial score (nSPS) is 12.3. The highest BCUT2D eigenvalue weighted by atomic mass is 16.5. The molecule has 0 atom stereocenters. The SMILES string of the molecule is COc1ccc(-n2[nH]c(-c3ccccc3)c(C(C)=NC(C)(C)C)c2=O)cc1. The zero-order valence-corrected chi connectivity index (χ0v) is 16.4. The lowest BCUT2D eigenvalue weighted by Crippen LogP contribution is -2.22. The molecule has 0 aliphatic heterocycles. The van der Waals surface area contributed by atoms with Crippen LogP contribution in [0.15, 0.2) is 64.4 Å². The molecule has 27 heavy (non-hydrogen) atoms. The quantitative estimate of drug-likeness (QED) is 0.696. The van der Waals surface area contributed by atoms with E-state index in [0.717, 1.165) is 28.4 Å². The molecule has 0 amide bonds. The van der Waals surface area contributed by atoms with Gasteiger partial charge in [0.2, 0.25) is 0 Å². The number of nitrogens with zero attached hydrogens (tertiary/aromatic N) is 2.